The van der Waals surface area contributed by atoms with Gasteiger partial charge in [-0.3, -0.25) is 5.32 Å². The van der Waals surface area contributed by atoms with Crippen molar-refractivity contribution in [3.8, 4) is 5.75 Å². The highest BCUT2D eigenvalue weighted by Crippen LogP contribution is 2.09. The molecule has 0 unspecified atom stereocenters. The van der Waals surface area contributed by atoms with Crippen molar-refractivity contribution in [3.05, 3.63) is 18.3 Å². The lowest BCUT2D eigenvalue weighted by Crippen LogP contribution is -2.11. The molecule has 2 N–H and O–H groups in total. The Morgan fingerprint density at radius 2 is 2.42 bits per heavy atom. The molecule has 5 nitrogen and oxygen atoms in total. The van der Waals surface area contributed by atoms with Gasteiger partial charge in [-0.1, -0.05) is 0 Å². The molecule has 1 aromatic rings. The van der Waals surface area contributed by atoms with E-state index >= 15 is 0 Å². The smallest absolute Gasteiger partial charge is 0.412 e. The van der Waals surface area contributed by atoms with Crippen molar-refractivity contribution in [2.45, 2.75) is 0 Å². The minimum absolute atomic E-state index is 0.0467. The van der Waals surface area contributed by atoms with E-state index in [0.717, 1.165) is 0 Å². The summed E-state index contributed by atoms with van der Waals surface area (Å²) >= 11 is 0. The molecule has 5 heteroatoms. The van der Waals surface area contributed by atoms with Crippen LogP contribution in [0.1, 0.15) is 0 Å². The predicted molar refractivity (Wildman–Crippen MR) is 41.9 cm³/mol. The van der Waals surface area contributed by atoms with Crippen molar-refractivity contribution in [1.29, 1.82) is 0 Å². The van der Waals surface area contributed by atoms with Crippen LogP contribution < -0.4 is 5.32 Å². The molecule has 0 bridgehead atoms. The van der Waals surface area contributed by atoms with Crippen molar-refractivity contribution >= 4 is 11.9 Å². The van der Waals surface area contributed by atoms with Gasteiger partial charge in [0.2, 0.25) is 0 Å². The van der Waals surface area contributed by atoms with Crippen molar-refractivity contribution < 1.29 is 14.6 Å². The SMILES string of the molecule is COC(=O)Nc1ccc(O)cn1. The Hall–Kier alpha value is -1.78. The number of anilines is 1. The summed E-state index contributed by atoms with van der Waals surface area (Å²) in [4.78, 5) is 14.3. The molecule has 1 rings (SSSR count). The zero-order valence-electron chi connectivity index (χ0n) is 6.44. The highest BCUT2D eigenvalue weighted by Gasteiger charge is 2.00. The van der Waals surface area contributed by atoms with Crippen LogP contribution >= 0.6 is 0 Å². The van der Waals surface area contributed by atoms with Crippen LogP contribution in [0, 0.1) is 0 Å². The van der Waals surface area contributed by atoms with Crippen molar-refractivity contribution in [2.24, 2.45) is 0 Å². The average molecular weight is 168 g/mol. The quantitative estimate of drug-likeness (QED) is 0.655. The summed E-state index contributed by atoms with van der Waals surface area (Å²) in [5.41, 5.74) is 0. The molecule has 0 radical (unpaired) electrons. The first-order valence-electron chi connectivity index (χ1n) is 3.22. The Balaban J connectivity index is 2.64. The van der Waals surface area contributed by atoms with Crippen LogP contribution in [-0.2, 0) is 4.74 Å². The van der Waals surface area contributed by atoms with E-state index in [1.165, 1.54) is 25.4 Å². The second kappa shape index (κ2) is 3.56. The second-order valence-corrected chi connectivity index (χ2v) is 2.02. The minimum atomic E-state index is -0.590. The maximum atomic E-state index is 10.6. The fourth-order valence-electron chi connectivity index (χ4n) is 0.616. The molecule has 1 amide bonds. The lowest BCUT2D eigenvalue weighted by molar-refractivity contribution is 0.187. The molecule has 12 heavy (non-hydrogen) atoms. The first-order chi connectivity index (χ1) is 5.72. The van der Waals surface area contributed by atoms with Crippen LogP contribution in [0.25, 0.3) is 0 Å². The summed E-state index contributed by atoms with van der Waals surface area (Å²) in [6, 6.07) is 2.88. The van der Waals surface area contributed by atoms with Crippen molar-refractivity contribution in [1.82, 2.24) is 4.98 Å². The number of rotatable bonds is 1. The zero-order chi connectivity index (χ0) is 8.97. The molecule has 0 saturated heterocycles. The van der Waals surface area contributed by atoms with Gasteiger partial charge in [-0.25, -0.2) is 9.78 Å². The standard InChI is InChI=1S/C7H8N2O3/c1-12-7(11)9-6-3-2-5(10)4-8-6/h2-4,10H,1H3,(H,8,9,11). The van der Waals surface area contributed by atoms with E-state index in [9.17, 15) is 4.79 Å². The second-order valence-electron chi connectivity index (χ2n) is 2.02. The molecular formula is C7H8N2O3. The summed E-state index contributed by atoms with van der Waals surface area (Å²) in [5.74, 6) is 0.380. The first kappa shape index (κ1) is 8.32. The number of ether oxygens (including phenoxy) is 1. The number of aromatic nitrogens is 1. The summed E-state index contributed by atoms with van der Waals surface area (Å²) in [6.45, 7) is 0. The number of carbonyl (C=O) groups is 1. The number of hydrogen-bond acceptors (Lipinski definition) is 4. The Morgan fingerprint density at radius 3 is 2.92 bits per heavy atom. The maximum absolute atomic E-state index is 10.6. The molecule has 0 aromatic carbocycles. The highest BCUT2D eigenvalue weighted by molar-refractivity contribution is 5.83. The number of aromatic hydroxyl groups is 1. The summed E-state index contributed by atoms with van der Waals surface area (Å²) < 4.78 is 4.33. The Kier molecular flexibility index (Phi) is 2.47. The third-order valence-corrected chi connectivity index (χ3v) is 1.16. The zero-order valence-corrected chi connectivity index (χ0v) is 6.44. The molecule has 0 aliphatic rings. The summed E-state index contributed by atoms with van der Waals surface area (Å²) in [6.07, 6.45) is 0.638. The van der Waals surface area contributed by atoms with E-state index in [0.29, 0.717) is 5.82 Å². The van der Waals surface area contributed by atoms with Gasteiger partial charge in [0.15, 0.2) is 0 Å². The van der Waals surface area contributed by atoms with Gasteiger partial charge in [0, 0.05) is 0 Å². The van der Waals surface area contributed by atoms with Crippen LogP contribution in [0.15, 0.2) is 18.3 Å². The number of pyridine rings is 1. The van der Waals surface area contributed by atoms with Gasteiger partial charge >= 0.3 is 6.09 Å². The van der Waals surface area contributed by atoms with E-state index in [2.05, 4.69) is 15.0 Å². The Morgan fingerprint density at radius 1 is 1.67 bits per heavy atom. The van der Waals surface area contributed by atoms with Crippen LogP contribution in [0.2, 0.25) is 0 Å². The van der Waals surface area contributed by atoms with E-state index < -0.39 is 6.09 Å². The van der Waals surface area contributed by atoms with Crippen LogP contribution in [0.3, 0.4) is 0 Å². The molecule has 0 atom stereocenters. The van der Waals surface area contributed by atoms with Gasteiger partial charge in [0.1, 0.15) is 11.6 Å². The molecule has 0 spiro atoms. The van der Waals surface area contributed by atoms with Gasteiger partial charge < -0.3 is 9.84 Å². The van der Waals surface area contributed by atoms with Crippen molar-refractivity contribution in [3.63, 3.8) is 0 Å². The van der Waals surface area contributed by atoms with Gasteiger partial charge in [-0.05, 0) is 12.1 Å². The largest absolute Gasteiger partial charge is 0.506 e. The lowest BCUT2D eigenvalue weighted by Gasteiger charge is -2.01. The molecule has 0 aliphatic heterocycles. The molecule has 0 aliphatic carbocycles. The molecule has 0 saturated carbocycles. The fourth-order valence-corrected chi connectivity index (χ4v) is 0.616. The van der Waals surface area contributed by atoms with E-state index in [1.54, 1.807) is 0 Å². The maximum Gasteiger partial charge on any atom is 0.412 e. The van der Waals surface area contributed by atoms with E-state index in [4.69, 9.17) is 5.11 Å². The van der Waals surface area contributed by atoms with Crippen LogP contribution in [-0.4, -0.2) is 23.3 Å². The summed E-state index contributed by atoms with van der Waals surface area (Å²) in [7, 11) is 1.26. The molecular weight excluding hydrogens is 160 g/mol. The Labute approximate surface area is 69.0 Å². The number of methoxy groups -OCH3 is 1. The van der Waals surface area contributed by atoms with Gasteiger partial charge in [-0.15, -0.1) is 0 Å². The number of hydrogen-bond donors (Lipinski definition) is 2. The van der Waals surface area contributed by atoms with Gasteiger partial charge in [0.25, 0.3) is 0 Å². The molecule has 64 valence electrons. The number of amides is 1. The normalized spacial score (nSPS) is 9.08. The monoisotopic (exact) mass is 168 g/mol. The predicted octanol–water partition coefficient (Wildman–Crippen LogP) is 0.965. The number of nitrogens with zero attached hydrogens (tertiary/aromatic N) is 1. The lowest BCUT2D eigenvalue weighted by atomic mass is 10.4. The molecule has 0 fully saturated rings. The van der Waals surface area contributed by atoms with E-state index in [1.807, 2.05) is 0 Å². The van der Waals surface area contributed by atoms with E-state index in [-0.39, 0.29) is 5.75 Å². The first-order valence-corrected chi connectivity index (χ1v) is 3.22. The summed E-state index contributed by atoms with van der Waals surface area (Å²) in [5, 5.41) is 11.2. The van der Waals surface area contributed by atoms with Crippen LogP contribution in [0.5, 0.6) is 5.75 Å². The van der Waals surface area contributed by atoms with Crippen LogP contribution in [0.4, 0.5) is 10.6 Å². The molecule has 1 heterocycles. The van der Waals surface area contributed by atoms with Gasteiger partial charge in [-0.2, -0.15) is 0 Å². The molecule has 1 aromatic heterocycles. The highest BCUT2D eigenvalue weighted by atomic mass is 16.5. The minimum Gasteiger partial charge on any atom is -0.506 e. The van der Waals surface area contributed by atoms with Crippen molar-refractivity contribution in [2.75, 3.05) is 12.4 Å². The number of carbonyl (C=O) groups excluding carboxylic acids is 1. The third-order valence-electron chi connectivity index (χ3n) is 1.16. The van der Waals surface area contributed by atoms with Gasteiger partial charge in [0.05, 0.1) is 13.3 Å². The fraction of sp³-hybridized carbons (Fsp3) is 0.143. The topological polar surface area (TPSA) is 71.5 Å². The Bertz CT molecular complexity index is 270. The average Bonchev–Trinajstić information content (AvgIpc) is 2.09. The number of nitrogens with one attached hydrogen (secondary N) is 1. The third kappa shape index (κ3) is 2.12.